The molecule has 0 radical (unpaired) electrons. The van der Waals surface area contributed by atoms with Gasteiger partial charge in [0, 0.05) is 38.4 Å². The number of piperazine rings is 1. The molecule has 3 heterocycles. The lowest BCUT2D eigenvalue weighted by Crippen LogP contribution is -2.49. The number of nitrogens with zero attached hydrogens (tertiary/aromatic N) is 3. The number of carbonyl (C=O) groups is 1. The maximum atomic E-state index is 12.4. The summed E-state index contributed by atoms with van der Waals surface area (Å²) in [5, 5.41) is 0.642. The molecule has 2 aromatic heterocycles. The van der Waals surface area contributed by atoms with Crippen LogP contribution >= 0.6 is 23.2 Å². The molecule has 0 saturated carbocycles. The lowest BCUT2D eigenvalue weighted by Gasteiger charge is -2.35. The summed E-state index contributed by atoms with van der Waals surface area (Å²) in [6, 6.07) is 5.26. The Bertz CT molecular complexity index is 692. The second-order valence-corrected chi connectivity index (χ2v) is 5.96. The van der Waals surface area contributed by atoms with Gasteiger partial charge in [0.2, 0.25) is 0 Å². The van der Waals surface area contributed by atoms with Crippen molar-refractivity contribution in [3.63, 3.8) is 0 Å². The molecule has 1 amide bonds. The maximum Gasteiger partial charge on any atom is 0.270 e. The molecule has 1 N–H and O–H groups in total. The number of methoxy groups -OCH3 is 1. The number of amides is 1. The number of aromatic nitrogens is 2. The number of pyridine rings is 1. The second-order valence-electron chi connectivity index (χ2n) is 5.18. The van der Waals surface area contributed by atoms with Crippen molar-refractivity contribution in [3.8, 4) is 5.75 Å². The Hall–Kier alpha value is -1.92. The Morgan fingerprint density at radius 2 is 2.00 bits per heavy atom. The third-order valence-electron chi connectivity index (χ3n) is 3.80. The summed E-state index contributed by atoms with van der Waals surface area (Å²) in [4.78, 5) is 23.5. The van der Waals surface area contributed by atoms with E-state index >= 15 is 0 Å². The molecule has 0 bridgehead atoms. The highest BCUT2D eigenvalue weighted by Crippen LogP contribution is 2.24. The molecular formula is C15H16Cl2N4O2. The Labute approximate surface area is 144 Å². The van der Waals surface area contributed by atoms with E-state index in [9.17, 15) is 4.79 Å². The number of hydrogen-bond acceptors (Lipinski definition) is 4. The smallest absolute Gasteiger partial charge is 0.270 e. The van der Waals surface area contributed by atoms with Crippen molar-refractivity contribution in [1.29, 1.82) is 0 Å². The summed E-state index contributed by atoms with van der Waals surface area (Å²) in [5.41, 5.74) is 0.410. The van der Waals surface area contributed by atoms with Gasteiger partial charge in [0.15, 0.2) is 0 Å². The van der Waals surface area contributed by atoms with Gasteiger partial charge in [-0.05, 0) is 12.1 Å². The van der Waals surface area contributed by atoms with Crippen LogP contribution in [-0.2, 0) is 0 Å². The second kappa shape index (κ2) is 6.68. The van der Waals surface area contributed by atoms with E-state index in [1.807, 2.05) is 12.1 Å². The lowest BCUT2D eigenvalue weighted by atomic mass is 10.2. The predicted octanol–water partition coefficient (Wildman–Crippen LogP) is 2.69. The zero-order chi connectivity index (χ0) is 16.4. The van der Waals surface area contributed by atoms with Crippen molar-refractivity contribution in [2.24, 2.45) is 0 Å². The van der Waals surface area contributed by atoms with Crippen LogP contribution in [-0.4, -0.2) is 54.1 Å². The standard InChI is InChI=1S/C15H16Cl2N4O2/c1-23-10-2-3-18-13(8-10)20-4-6-21(7-5-20)15(22)12-9-11(16)14(17)19-12/h2-3,8-9,19H,4-7H2,1H3. The minimum atomic E-state index is -0.1000. The van der Waals surface area contributed by atoms with E-state index in [4.69, 9.17) is 27.9 Å². The van der Waals surface area contributed by atoms with Crippen LogP contribution in [0.4, 0.5) is 5.82 Å². The van der Waals surface area contributed by atoms with Gasteiger partial charge in [-0.2, -0.15) is 0 Å². The molecule has 1 aliphatic heterocycles. The maximum absolute atomic E-state index is 12.4. The van der Waals surface area contributed by atoms with Gasteiger partial charge in [-0.25, -0.2) is 4.98 Å². The molecule has 0 atom stereocenters. The predicted molar refractivity (Wildman–Crippen MR) is 89.7 cm³/mol. The average Bonchev–Trinajstić information content (AvgIpc) is 2.93. The van der Waals surface area contributed by atoms with Crippen molar-refractivity contribution >= 4 is 34.9 Å². The fourth-order valence-electron chi connectivity index (χ4n) is 2.53. The van der Waals surface area contributed by atoms with Gasteiger partial charge in [0.1, 0.15) is 22.4 Å². The number of ether oxygens (including phenoxy) is 1. The van der Waals surface area contributed by atoms with Gasteiger partial charge < -0.3 is 19.5 Å². The summed E-state index contributed by atoms with van der Waals surface area (Å²) in [6.07, 6.45) is 1.72. The number of hydrogen-bond donors (Lipinski definition) is 1. The van der Waals surface area contributed by atoms with Crippen molar-refractivity contribution in [2.45, 2.75) is 0 Å². The normalized spacial score (nSPS) is 14.9. The molecule has 122 valence electrons. The van der Waals surface area contributed by atoms with Crippen LogP contribution in [0.15, 0.2) is 24.4 Å². The molecule has 0 unspecified atom stereocenters. The number of anilines is 1. The molecule has 8 heteroatoms. The Morgan fingerprint density at radius 3 is 2.61 bits per heavy atom. The number of aromatic amines is 1. The molecule has 0 spiro atoms. The van der Waals surface area contributed by atoms with Crippen LogP contribution in [0.1, 0.15) is 10.5 Å². The van der Waals surface area contributed by atoms with Crippen molar-refractivity contribution in [2.75, 3.05) is 38.2 Å². The van der Waals surface area contributed by atoms with E-state index in [2.05, 4.69) is 14.9 Å². The Morgan fingerprint density at radius 1 is 1.26 bits per heavy atom. The highest BCUT2D eigenvalue weighted by atomic mass is 35.5. The lowest BCUT2D eigenvalue weighted by molar-refractivity contribution is 0.0741. The van der Waals surface area contributed by atoms with Gasteiger partial charge in [0.25, 0.3) is 5.91 Å². The SMILES string of the molecule is COc1ccnc(N2CCN(C(=O)c3cc(Cl)c(Cl)[nH]3)CC2)c1. The van der Waals surface area contributed by atoms with Crippen molar-refractivity contribution < 1.29 is 9.53 Å². The summed E-state index contributed by atoms with van der Waals surface area (Å²) in [6.45, 7) is 2.61. The number of rotatable bonds is 3. The van der Waals surface area contributed by atoms with Crippen LogP contribution in [0.3, 0.4) is 0 Å². The molecule has 1 aliphatic rings. The minimum absolute atomic E-state index is 0.1000. The molecule has 1 fully saturated rings. The third kappa shape index (κ3) is 3.38. The van der Waals surface area contributed by atoms with Gasteiger partial charge in [0.05, 0.1) is 12.1 Å². The number of nitrogens with one attached hydrogen (secondary N) is 1. The molecule has 0 aliphatic carbocycles. The first-order valence-electron chi connectivity index (χ1n) is 7.17. The summed E-state index contributed by atoms with van der Waals surface area (Å²) >= 11 is 11.7. The van der Waals surface area contributed by atoms with E-state index in [1.165, 1.54) is 0 Å². The van der Waals surface area contributed by atoms with Gasteiger partial charge in [-0.15, -0.1) is 0 Å². The highest BCUT2D eigenvalue weighted by molar-refractivity contribution is 6.41. The fraction of sp³-hybridized carbons (Fsp3) is 0.333. The van der Waals surface area contributed by atoms with Crippen LogP contribution in [0, 0.1) is 0 Å². The first-order chi connectivity index (χ1) is 11.1. The Kier molecular flexibility index (Phi) is 4.63. The Balaban J connectivity index is 1.64. The molecular weight excluding hydrogens is 339 g/mol. The van der Waals surface area contributed by atoms with Crippen LogP contribution in [0.2, 0.25) is 10.2 Å². The van der Waals surface area contributed by atoms with Crippen molar-refractivity contribution in [3.05, 3.63) is 40.3 Å². The summed E-state index contributed by atoms with van der Waals surface area (Å²) in [7, 11) is 1.63. The van der Waals surface area contributed by atoms with E-state index in [0.29, 0.717) is 36.9 Å². The zero-order valence-corrected chi connectivity index (χ0v) is 14.1. The minimum Gasteiger partial charge on any atom is -0.497 e. The summed E-state index contributed by atoms with van der Waals surface area (Å²) < 4.78 is 5.22. The van der Waals surface area contributed by atoms with Crippen molar-refractivity contribution in [1.82, 2.24) is 14.9 Å². The molecule has 0 aromatic carbocycles. The van der Waals surface area contributed by atoms with E-state index in [0.717, 1.165) is 11.6 Å². The average molecular weight is 355 g/mol. The molecule has 1 saturated heterocycles. The van der Waals surface area contributed by atoms with E-state index in [1.54, 1.807) is 24.3 Å². The third-order valence-corrected chi connectivity index (χ3v) is 4.49. The molecule has 23 heavy (non-hydrogen) atoms. The first kappa shape index (κ1) is 16.0. The van der Waals surface area contributed by atoms with Gasteiger partial charge in [-0.3, -0.25) is 4.79 Å². The van der Waals surface area contributed by atoms with Crippen LogP contribution < -0.4 is 9.64 Å². The monoisotopic (exact) mass is 354 g/mol. The zero-order valence-electron chi connectivity index (χ0n) is 12.6. The molecule has 6 nitrogen and oxygen atoms in total. The highest BCUT2D eigenvalue weighted by Gasteiger charge is 2.24. The number of H-pyrrole nitrogens is 1. The van der Waals surface area contributed by atoms with Crippen LogP contribution in [0.5, 0.6) is 5.75 Å². The quantitative estimate of drug-likeness (QED) is 0.920. The van der Waals surface area contributed by atoms with E-state index < -0.39 is 0 Å². The van der Waals surface area contributed by atoms with Crippen LogP contribution in [0.25, 0.3) is 0 Å². The molecule has 3 rings (SSSR count). The fourth-order valence-corrected chi connectivity index (χ4v) is 2.84. The molecule has 2 aromatic rings. The largest absolute Gasteiger partial charge is 0.497 e. The first-order valence-corrected chi connectivity index (χ1v) is 7.92. The summed E-state index contributed by atoms with van der Waals surface area (Å²) in [5.74, 6) is 1.52. The van der Waals surface area contributed by atoms with Gasteiger partial charge >= 0.3 is 0 Å². The number of carbonyl (C=O) groups excluding carboxylic acids is 1. The van der Waals surface area contributed by atoms with E-state index in [-0.39, 0.29) is 11.1 Å². The topological polar surface area (TPSA) is 61.5 Å². The number of halogens is 2. The van der Waals surface area contributed by atoms with Gasteiger partial charge in [-0.1, -0.05) is 23.2 Å².